The molecule has 2 N–H and O–H groups in total. The smallest absolute Gasteiger partial charge is 0.348 e. The van der Waals surface area contributed by atoms with Gasteiger partial charge in [0.1, 0.15) is 11.5 Å². The predicted octanol–water partition coefficient (Wildman–Crippen LogP) is 3.64. The second-order valence-corrected chi connectivity index (χ2v) is 5.91. The van der Waals surface area contributed by atoms with E-state index in [1.807, 2.05) is 27.7 Å². The monoisotopic (exact) mass is 306 g/mol. The zero-order valence-electron chi connectivity index (χ0n) is 14.0. The molecule has 0 fully saturated rings. The number of benzene rings is 1. The van der Waals surface area contributed by atoms with E-state index in [1.165, 1.54) is 0 Å². The molecule has 4 nitrogen and oxygen atoms in total. The number of hydrogen-bond donors (Lipinski definition) is 2. The van der Waals surface area contributed by atoms with Crippen molar-refractivity contribution < 1.29 is 19.7 Å². The van der Waals surface area contributed by atoms with E-state index in [1.54, 1.807) is 0 Å². The Balaban J connectivity index is 2.70. The molecule has 4 heteroatoms. The predicted molar refractivity (Wildman–Crippen MR) is 85.8 cm³/mol. The zero-order valence-corrected chi connectivity index (χ0v) is 14.0. The van der Waals surface area contributed by atoms with Crippen molar-refractivity contribution in [1.29, 1.82) is 0 Å². The summed E-state index contributed by atoms with van der Waals surface area (Å²) in [7, 11) is 0. The van der Waals surface area contributed by atoms with E-state index in [9.17, 15) is 15.0 Å². The second-order valence-electron chi connectivity index (χ2n) is 5.91. The molecule has 1 aliphatic rings. The first-order valence-corrected chi connectivity index (χ1v) is 8.26. The molecule has 0 saturated heterocycles. The van der Waals surface area contributed by atoms with Gasteiger partial charge in [-0.05, 0) is 32.1 Å². The van der Waals surface area contributed by atoms with Gasteiger partial charge in [-0.2, -0.15) is 0 Å². The van der Waals surface area contributed by atoms with Gasteiger partial charge in [0.2, 0.25) is 5.60 Å². The first-order chi connectivity index (χ1) is 10.5. The van der Waals surface area contributed by atoms with Crippen LogP contribution in [0.1, 0.15) is 62.8 Å². The normalized spacial score (nSPS) is 20.4. The van der Waals surface area contributed by atoms with Crippen LogP contribution in [-0.4, -0.2) is 21.8 Å². The lowest BCUT2D eigenvalue weighted by Gasteiger charge is -2.37. The molecule has 0 bridgehead atoms. The summed E-state index contributed by atoms with van der Waals surface area (Å²) < 4.78 is 6.08. The van der Waals surface area contributed by atoms with Crippen LogP contribution in [-0.2, 0) is 30.5 Å². The number of rotatable bonds is 5. The fraction of sp³-hybridized carbons (Fsp3) is 0.611. The van der Waals surface area contributed by atoms with Gasteiger partial charge in [-0.25, -0.2) is 4.79 Å². The maximum atomic E-state index is 11.7. The van der Waals surface area contributed by atoms with Crippen LogP contribution in [0.3, 0.4) is 0 Å². The van der Waals surface area contributed by atoms with Gasteiger partial charge < -0.3 is 14.9 Å². The number of hydrogen-bond acceptors (Lipinski definition) is 3. The Morgan fingerprint density at radius 3 is 2.14 bits per heavy atom. The minimum atomic E-state index is -1.14. The lowest BCUT2D eigenvalue weighted by atomic mass is 9.83. The SMILES string of the molecule is CCc1c(O)c(CC)c2c(c1CC)OC(CC)(C(=O)O)CC2. The number of carboxylic acid groups (broad SMARTS) is 1. The Labute approximate surface area is 132 Å². The number of phenolic OH excluding ortho intramolecular Hbond substituents is 1. The molecule has 0 saturated carbocycles. The van der Waals surface area contributed by atoms with Crippen LogP contribution >= 0.6 is 0 Å². The van der Waals surface area contributed by atoms with E-state index < -0.39 is 11.6 Å². The summed E-state index contributed by atoms with van der Waals surface area (Å²) in [4.78, 5) is 11.7. The summed E-state index contributed by atoms with van der Waals surface area (Å²) in [6.07, 6.45) is 3.69. The average Bonchev–Trinajstić information content (AvgIpc) is 2.53. The number of carbonyl (C=O) groups is 1. The van der Waals surface area contributed by atoms with Crippen molar-refractivity contribution in [3.8, 4) is 11.5 Å². The van der Waals surface area contributed by atoms with Crippen LogP contribution in [0, 0.1) is 0 Å². The van der Waals surface area contributed by atoms with E-state index in [0.717, 1.165) is 35.1 Å². The summed E-state index contributed by atoms with van der Waals surface area (Å²) in [6.45, 7) is 7.89. The van der Waals surface area contributed by atoms with Gasteiger partial charge in [-0.15, -0.1) is 0 Å². The van der Waals surface area contributed by atoms with Gasteiger partial charge in [0.05, 0.1) is 0 Å². The minimum Gasteiger partial charge on any atom is -0.507 e. The summed E-state index contributed by atoms with van der Waals surface area (Å²) >= 11 is 0. The molecule has 0 aromatic heterocycles. The highest BCUT2D eigenvalue weighted by atomic mass is 16.5. The molecular weight excluding hydrogens is 280 g/mol. The Hall–Kier alpha value is -1.71. The molecule has 1 heterocycles. The number of phenols is 1. The largest absolute Gasteiger partial charge is 0.507 e. The van der Waals surface area contributed by atoms with Crippen LogP contribution in [0.5, 0.6) is 11.5 Å². The quantitative estimate of drug-likeness (QED) is 0.871. The zero-order chi connectivity index (χ0) is 16.5. The lowest BCUT2D eigenvalue weighted by molar-refractivity contribution is -0.157. The molecule has 22 heavy (non-hydrogen) atoms. The molecule has 0 spiro atoms. The van der Waals surface area contributed by atoms with E-state index in [2.05, 4.69) is 0 Å². The van der Waals surface area contributed by atoms with E-state index in [4.69, 9.17) is 4.74 Å². The molecule has 2 rings (SSSR count). The topological polar surface area (TPSA) is 66.8 Å². The van der Waals surface area contributed by atoms with Crippen molar-refractivity contribution in [2.45, 2.75) is 71.8 Å². The van der Waals surface area contributed by atoms with Gasteiger partial charge >= 0.3 is 5.97 Å². The summed E-state index contributed by atoms with van der Waals surface area (Å²) in [5, 5.41) is 20.2. The third-order valence-corrected chi connectivity index (χ3v) is 4.95. The van der Waals surface area contributed by atoms with Crippen molar-refractivity contribution in [3.05, 3.63) is 22.3 Å². The van der Waals surface area contributed by atoms with E-state index in [-0.39, 0.29) is 0 Å². The van der Waals surface area contributed by atoms with Crippen molar-refractivity contribution in [1.82, 2.24) is 0 Å². The highest BCUT2D eigenvalue weighted by molar-refractivity contribution is 5.79. The van der Waals surface area contributed by atoms with Gasteiger partial charge in [0, 0.05) is 28.7 Å². The third kappa shape index (κ3) is 2.34. The summed E-state index contributed by atoms with van der Waals surface area (Å²) in [5.41, 5.74) is 2.64. The van der Waals surface area contributed by atoms with Gasteiger partial charge in [0.25, 0.3) is 0 Å². The van der Waals surface area contributed by atoms with Crippen molar-refractivity contribution in [2.24, 2.45) is 0 Å². The number of aliphatic carboxylic acids is 1. The third-order valence-electron chi connectivity index (χ3n) is 4.95. The Bertz CT molecular complexity index is 566. The molecule has 0 amide bonds. The fourth-order valence-electron chi connectivity index (χ4n) is 3.57. The van der Waals surface area contributed by atoms with Gasteiger partial charge in [-0.1, -0.05) is 27.7 Å². The van der Waals surface area contributed by atoms with Crippen molar-refractivity contribution in [2.75, 3.05) is 0 Å². The molecule has 1 unspecified atom stereocenters. The average molecular weight is 306 g/mol. The Morgan fingerprint density at radius 1 is 1.09 bits per heavy atom. The lowest BCUT2D eigenvalue weighted by Crippen LogP contribution is -2.47. The second kappa shape index (κ2) is 6.19. The molecular formula is C18H26O4. The van der Waals surface area contributed by atoms with Crippen molar-refractivity contribution >= 4 is 5.97 Å². The highest BCUT2D eigenvalue weighted by Crippen LogP contribution is 2.45. The highest BCUT2D eigenvalue weighted by Gasteiger charge is 2.44. The van der Waals surface area contributed by atoms with Crippen LogP contribution in [0.2, 0.25) is 0 Å². The molecule has 0 radical (unpaired) electrons. The molecule has 1 aromatic carbocycles. The first-order valence-electron chi connectivity index (χ1n) is 8.26. The first kappa shape index (κ1) is 16.7. The molecule has 1 aliphatic heterocycles. The van der Waals surface area contributed by atoms with Crippen LogP contribution in [0.25, 0.3) is 0 Å². The van der Waals surface area contributed by atoms with Gasteiger partial charge in [0.15, 0.2) is 0 Å². The fourth-order valence-corrected chi connectivity index (χ4v) is 3.57. The Morgan fingerprint density at radius 2 is 1.68 bits per heavy atom. The van der Waals surface area contributed by atoms with Crippen LogP contribution in [0.15, 0.2) is 0 Å². The van der Waals surface area contributed by atoms with Gasteiger partial charge in [-0.3, -0.25) is 0 Å². The number of carboxylic acids is 1. The number of fused-ring (bicyclic) bond motifs is 1. The molecule has 1 atom stereocenters. The Kier molecular flexibility index (Phi) is 4.69. The standard InChI is InChI=1S/C18H26O4/c1-5-11-13(7-3)16-14(12(6-2)15(11)19)9-10-18(8-4,22-16)17(20)21/h19H,5-10H2,1-4H3,(H,20,21). The minimum absolute atomic E-state index is 0.378. The van der Waals surface area contributed by atoms with E-state index in [0.29, 0.717) is 37.2 Å². The molecule has 122 valence electrons. The van der Waals surface area contributed by atoms with Crippen LogP contribution in [0.4, 0.5) is 0 Å². The number of aromatic hydroxyl groups is 1. The maximum absolute atomic E-state index is 11.7. The summed E-state index contributed by atoms with van der Waals surface area (Å²) in [6, 6.07) is 0. The maximum Gasteiger partial charge on any atom is 0.348 e. The number of ether oxygens (including phenoxy) is 1. The summed E-state index contributed by atoms with van der Waals surface area (Å²) in [5.74, 6) is 0.194. The molecule has 0 aliphatic carbocycles. The van der Waals surface area contributed by atoms with Crippen LogP contribution < -0.4 is 4.74 Å². The molecule has 1 aromatic rings. The van der Waals surface area contributed by atoms with Crippen molar-refractivity contribution in [3.63, 3.8) is 0 Å². The van der Waals surface area contributed by atoms with E-state index >= 15 is 0 Å².